The number of rotatable bonds is 5. The molecule has 4 nitrogen and oxygen atoms in total. The van der Waals surface area contributed by atoms with Crippen LogP contribution >= 0.6 is 0 Å². The lowest BCUT2D eigenvalue weighted by atomic mass is 10.1. The lowest BCUT2D eigenvalue weighted by Gasteiger charge is -2.18. The number of ether oxygens (including phenoxy) is 1. The Morgan fingerprint density at radius 3 is 2.94 bits per heavy atom. The van der Waals surface area contributed by atoms with Crippen LogP contribution in [-0.4, -0.2) is 41.9 Å². The fourth-order valence-corrected chi connectivity index (χ4v) is 2.32. The minimum Gasteiger partial charge on any atom is -0.478 e. The van der Waals surface area contributed by atoms with E-state index < -0.39 is 0 Å². The number of likely N-dealkylation sites (tertiary alicyclic amines) is 1. The van der Waals surface area contributed by atoms with Gasteiger partial charge in [-0.15, -0.1) is 0 Å². The van der Waals surface area contributed by atoms with Crippen molar-refractivity contribution in [3.8, 4) is 5.88 Å². The van der Waals surface area contributed by atoms with Crippen molar-refractivity contribution in [2.24, 2.45) is 0 Å². The van der Waals surface area contributed by atoms with Gasteiger partial charge in [-0.3, -0.25) is 4.79 Å². The molecule has 0 radical (unpaired) electrons. The number of pyridine rings is 1. The Morgan fingerprint density at radius 2 is 2.39 bits per heavy atom. The zero-order valence-electron chi connectivity index (χ0n) is 11.1. The molecule has 0 amide bonds. The predicted molar refractivity (Wildman–Crippen MR) is 70.0 cm³/mol. The Labute approximate surface area is 108 Å². The number of hydrogen-bond donors (Lipinski definition) is 0. The van der Waals surface area contributed by atoms with E-state index in [1.165, 1.54) is 26.3 Å². The molecular weight excluding hydrogens is 228 g/mol. The molecule has 2 rings (SSSR count). The third kappa shape index (κ3) is 3.29. The second-order valence-corrected chi connectivity index (χ2v) is 4.86. The van der Waals surface area contributed by atoms with E-state index in [9.17, 15) is 4.79 Å². The highest BCUT2D eigenvalue weighted by molar-refractivity contribution is 5.93. The molecule has 18 heavy (non-hydrogen) atoms. The highest BCUT2D eigenvalue weighted by atomic mass is 16.5. The van der Waals surface area contributed by atoms with Gasteiger partial charge in [-0.2, -0.15) is 0 Å². The molecule has 0 aromatic carbocycles. The number of carbonyl (C=O) groups is 1. The molecule has 1 aromatic rings. The quantitative estimate of drug-likeness (QED) is 0.749. The molecule has 0 bridgehead atoms. The van der Waals surface area contributed by atoms with Gasteiger partial charge in [0.05, 0.1) is 6.61 Å². The van der Waals surface area contributed by atoms with Crippen LogP contribution in [0, 0.1) is 0 Å². The van der Waals surface area contributed by atoms with Crippen molar-refractivity contribution in [2.75, 3.05) is 20.2 Å². The summed E-state index contributed by atoms with van der Waals surface area (Å²) in [5.41, 5.74) is 0.623. The summed E-state index contributed by atoms with van der Waals surface area (Å²) >= 11 is 0. The summed E-state index contributed by atoms with van der Waals surface area (Å²) in [5.74, 6) is 0.627. The van der Waals surface area contributed by atoms with Crippen molar-refractivity contribution in [2.45, 2.75) is 32.2 Å². The first-order chi connectivity index (χ1) is 8.66. The van der Waals surface area contributed by atoms with Gasteiger partial charge in [-0.25, -0.2) is 4.98 Å². The van der Waals surface area contributed by atoms with E-state index in [2.05, 4.69) is 16.9 Å². The number of Topliss-reactive ketones (excluding diaryl/α,β-unsaturated/α-hetero) is 1. The van der Waals surface area contributed by atoms with Gasteiger partial charge >= 0.3 is 0 Å². The molecule has 1 unspecified atom stereocenters. The van der Waals surface area contributed by atoms with Crippen molar-refractivity contribution >= 4 is 5.78 Å². The normalized spacial score (nSPS) is 20.0. The molecular formula is C14H20N2O2. The molecule has 1 aliphatic heterocycles. The molecule has 98 valence electrons. The highest BCUT2D eigenvalue weighted by Gasteiger charge is 2.20. The maximum Gasteiger partial charge on any atom is 0.213 e. The molecule has 1 aromatic heterocycles. The van der Waals surface area contributed by atoms with Crippen molar-refractivity contribution in [1.82, 2.24) is 9.88 Å². The van der Waals surface area contributed by atoms with Crippen LogP contribution in [0.25, 0.3) is 0 Å². The molecule has 0 saturated carbocycles. The van der Waals surface area contributed by atoms with Crippen LogP contribution in [0.3, 0.4) is 0 Å². The summed E-state index contributed by atoms with van der Waals surface area (Å²) in [5, 5.41) is 0. The fraction of sp³-hybridized carbons (Fsp3) is 0.571. The van der Waals surface area contributed by atoms with E-state index >= 15 is 0 Å². The first kappa shape index (κ1) is 13.0. The molecule has 1 saturated heterocycles. The van der Waals surface area contributed by atoms with Crippen LogP contribution in [-0.2, 0) is 0 Å². The molecule has 1 atom stereocenters. The topological polar surface area (TPSA) is 42.4 Å². The van der Waals surface area contributed by atoms with Crippen molar-refractivity contribution in [3.63, 3.8) is 0 Å². The molecule has 0 N–H and O–H groups in total. The van der Waals surface area contributed by atoms with Crippen LogP contribution in [0.4, 0.5) is 0 Å². The van der Waals surface area contributed by atoms with Gasteiger partial charge in [-0.05, 0) is 45.8 Å². The van der Waals surface area contributed by atoms with Crippen LogP contribution in [0.2, 0.25) is 0 Å². The third-order valence-electron chi connectivity index (χ3n) is 3.52. The summed E-state index contributed by atoms with van der Waals surface area (Å²) in [4.78, 5) is 17.6. The minimum atomic E-state index is 0.0293. The first-order valence-electron chi connectivity index (χ1n) is 6.47. The summed E-state index contributed by atoms with van der Waals surface area (Å²) in [7, 11) is 2.16. The Bertz CT molecular complexity index is 403. The summed E-state index contributed by atoms with van der Waals surface area (Å²) < 4.78 is 5.60. The van der Waals surface area contributed by atoms with Gasteiger partial charge in [-0.1, -0.05) is 0 Å². The number of nitrogens with zero attached hydrogens (tertiary/aromatic N) is 2. The highest BCUT2D eigenvalue weighted by Crippen LogP contribution is 2.18. The van der Waals surface area contributed by atoms with E-state index in [1.54, 1.807) is 18.3 Å². The predicted octanol–water partition coefficient (Wildman–Crippen LogP) is 2.15. The molecule has 0 spiro atoms. The summed E-state index contributed by atoms with van der Waals surface area (Å²) in [6.07, 6.45) is 5.15. The molecule has 1 aliphatic rings. The Kier molecular flexibility index (Phi) is 4.31. The van der Waals surface area contributed by atoms with Crippen LogP contribution in [0.5, 0.6) is 5.88 Å². The zero-order chi connectivity index (χ0) is 13.0. The van der Waals surface area contributed by atoms with Gasteiger partial charge in [0.15, 0.2) is 5.78 Å². The lowest BCUT2D eigenvalue weighted by molar-refractivity contribution is 0.101. The van der Waals surface area contributed by atoms with Crippen molar-refractivity contribution in [1.29, 1.82) is 0 Å². The van der Waals surface area contributed by atoms with Gasteiger partial charge in [0.1, 0.15) is 0 Å². The average molecular weight is 248 g/mol. The molecule has 2 heterocycles. The van der Waals surface area contributed by atoms with Crippen molar-refractivity contribution < 1.29 is 9.53 Å². The number of ketones is 1. The smallest absolute Gasteiger partial charge is 0.213 e. The molecule has 1 fully saturated rings. The van der Waals surface area contributed by atoms with Crippen LogP contribution in [0.1, 0.15) is 36.5 Å². The fourth-order valence-electron chi connectivity index (χ4n) is 2.32. The first-order valence-corrected chi connectivity index (χ1v) is 6.47. The second kappa shape index (κ2) is 5.96. The number of hydrogen-bond acceptors (Lipinski definition) is 4. The second-order valence-electron chi connectivity index (χ2n) is 4.86. The van der Waals surface area contributed by atoms with E-state index in [1.807, 2.05) is 0 Å². The van der Waals surface area contributed by atoms with Gasteiger partial charge < -0.3 is 9.64 Å². The largest absolute Gasteiger partial charge is 0.478 e. The Morgan fingerprint density at radius 1 is 1.56 bits per heavy atom. The number of carbonyl (C=O) groups excluding carboxylic acids is 1. The number of aromatic nitrogens is 1. The van der Waals surface area contributed by atoms with E-state index in [-0.39, 0.29) is 5.78 Å². The van der Waals surface area contributed by atoms with Gasteiger partial charge in [0.25, 0.3) is 0 Å². The zero-order valence-corrected chi connectivity index (χ0v) is 11.1. The summed E-state index contributed by atoms with van der Waals surface area (Å²) in [6.45, 7) is 3.41. The molecule has 0 aliphatic carbocycles. The van der Waals surface area contributed by atoms with Gasteiger partial charge in [0.2, 0.25) is 5.88 Å². The Balaban J connectivity index is 1.78. The van der Waals surface area contributed by atoms with Crippen molar-refractivity contribution in [3.05, 3.63) is 23.9 Å². The average Bonchev–Trinajstić information content (AvgIpc) is 2.76. The molecule has 4 heteroatoms. The van der Waals surface area contributed by atoms with E-state index in [0.29, 0.717) is 24.1 Å². The summed E-state index contributed by atoms with van der Waals surface area (Å²) in [6, 6.07) is 4.16. The SMILES string of the molecule is CC(=O)c1ccc(OCCC2CCCN2C)nc1. The minimum absolute atomic E-state index is 0.0293. The maximum atomic E-state index is 11.1. The van der Waals surface area contributed by atoms with Gasteiger partial charge in [0, 0.05) is 23.9 Å². The van der Waals surface area contributed by atoms with Crippen LogP contribution in [0.15, 0.2) is 18.3 Å². The standard InChI is InChI=1S/C14H20N2O2/c1-11(17)12-5-6-14(15-10-12)18-9-7-13-4-3-8-16(13)2/h5-6,10,13H,3-4,7-9H2,1-2H3. The van der Waals surface area contributed by atoms with E-state index in [0.717, 1.165) is 6.42 Å². The van der Waals surface area contributed by atoms with Crippen LogP contribution < -0.4 is 4.74 Å². The monoisotopic (exact) mass is 248 g/mol. The lowest BCUT2D eigenvalue weighted by Crippen LogP contribution is -2.26. The third-order valence-corrected chi connectivity index (χ3v) is 3.52. The maximum absolute atomic E-state index is 11.1. The Hall–Kier alpha value is -1.42. The van der Waals surface area contributed by atoms with E-state index in [4.69, 9.17) is 4.74 Å².